The van der Waals surface area contributed by atoms with Gasteiger partial charge in [0.1, 0.15) is 0 Å². The third kappa shape index (κ3) is 3.91. The van der Waals surface area contributed by atoms with Crippen molar-refractivity contribution < 1.29 is 9.47 Å². The molecular formula is C15H32N2O2. The lowest BCUT2D eigenvalue weighted by atomic mass is 9.94. The molecule has 4 heteroatoms. The molecule has 2 N–H and O–H groups in total. The molecule has 4 nitrogen and oxygen atoms in total. The highest BCUT2D eigenvalue weighted by Gasteiger charge is 2.43. The highest BCUT2D eigenvalue weighted by atomic mass is 16.7. The largest absolute Gasteiger partial charge is 0.354 e. The molecule has 0 aliphatic heterocycles. The average molecular weight is 272 g/mol. The van der Waals surface area contributed by atoms with Gasteiger partial charge in [0.2, 0.25) is 0 Å². The molecule has 114 valence electrons. The molecule has 0 saturated heterocycles. The van der Waals surface area contributed by atoms with Gasteiger partial charge < -0.3 is 15.2 Å². The van der Waals surface area contributed by atoms with E-state index in [9.17, 15) is 0 Å². The normalized spacial score (nSPS) is 20.7. The van der Waals surface area contributed by atoms with Crippen molar-refractivity contribution in [3.05, 3.63) is 0 Å². The Morgan fingerprint density at radius 1 is 1.21 bits per heavy atom. The Bertz CT molecular complexity index is 251. The van der Waals surface area contributed by atoms with Crippen LogP contribution in [0.4, 0.5) is 0 Å². The van der Waals surface area contributed by atoms with Crippen LogP contribution in [-0.2, 0) is 9.47 Å². The van der Waals surface area contributed by atoms with Gasteiger partial charge in [-0.25, -0.2) is 0 Å². The van der Waals surface area contributed by atoms with Gasteiger partial charge in [0, 0.05) is 33.4 Å². The predicted molar refractivity (Wildman–Crippen MR) is 79.1 cm³/mol. The molecule has 1 aliphatic rings. The maximum atomic E-state index is 6.10. The van der Waals surface area contributed by atoms with E-state index in [0.29, 0.717) is 18.5 Å². The van der Waals surface area contributed by atoms with Gasteiger partial charge >= 0.3 is 0 Å². The second-order valence-corrected chi connectivity index (χ2v) is 6.35. The van der Waals surface area contributed by atoms with Crippen molar-refractivity contribution >= 4 is 0 Å². The quantitative estimate of drug-likeness (QED) is 0.688. The van der Waals surface area contributed by atoms with E-state index < -0.39 is 0 Å². The molecule has 0 aromatic carbocycles. The summed E-state index contributed by atoms with van der Waals surface area (Å²) in [7, 11) is 3.40. The van der Waals surface area contributed by atoms with Gasteiger partial charge in [-0.15, -0.1) is 0 Å². The van der Waals surface area contributed by atoms with Crippen molar-refractivity contribution in [2.24, 2.45) is 11.7 Å². The van der Waals surface area contributed by atoms with Crippen LogP contribution < -0.4 is 5.73 Å². The molecule has 0 spiro atoms. The minimum atomic E-state index is -0.281. The zero-order valence-corrected chi connectivity index (χ0v) is 13.3. The number of nitrogens with two attached hydrogens (primary N) is 1. The van der Waals surface area contributed by atoms with Crippen molar-refractivity contribution in [2.45, 2.75) is 64.3 Å². The Kier molecular flexibility index (Phi) is 6.74. The van der Waals surface area contributed by atoms with E-state index in [2.05, 4.69) is 25.7 Å². The molecule has 1 unspecified atom stereocenters. The van der Waals surface area contributed by atoms with E-state index in [4.69, 9.17) is 15.2 Å². The second-order valence-electron chi connectivity index (χ2n) is 6.35. The third-order valence-electron chi connectivity index (χ3n) is 4.33. The first-order valence-electron chi connectivity index (χ1n) is 7.52. The van der Waals surface area contributed by atoms with Gasteiger partial charge in [-0.05, 0) is 25.7 Å². The molecule has 0 radical (unpaired) electrons. The lowest BCUT2D eigenvalue weighted by molar-refractivity contribution is -0.189. The highest BCUT2D eigenvalue weighted by molar-refractivity contribution is 4.96. The zero-order chi connectivity index (χ0) is 14.5. The van der Waals surface area contributed by atoms with Gasteiger partial charge in [0.25, 0.3) is 0 Å². The lowest BCUT2D eigenvalue weighted by Gasteiger charge is -2.48. The monoisotopic (exact) mass is 272 g/mol. The molecule has 0 aromatic rings. The van der Waals surface area contributed by atoms with Crippen LogP contribution in [0.1, 0.15) is 46.5 Å². The number of methoxy groups -OCH3 is 2. The van der Waals surface area contributed by atoms with E-state index in [1.807, 2.05) is 0 Å². The molecule has 0 bridgehead atoms. The van der Waals surface area contributed by atoms with Crippen LogP contribution in [0, 0.1) is 5.92 Å². The molecule has 19 heavy (non-hydrogen) atoms. The fourth-order valence-corrected chi connectivity index (χ4v) is 3.34. The first-order valence-corrected chi connectivity index (χ1v) is 7.52. The molecule has 0 amide bonds. The van der Waals surface area contributed by atoms with Crippen LogP contribution in [0.5, 0.6) is 0 Å². The maximum Gasteiger partial charge on any atom is 0.176 e. The van der Waals surface area contributed by atoms with Crippen LogP contribution in [0.15, 0.2) is 0 Å². The highest BCUT2D eigenvalue weighted by Crippen LogP contribution is 2.32. The minimum Gasteiger partial charge on any atom is -0.354 e. The summed E-state index contributed by atoms with van der Waals surface area (Å²) in [4.78, 5) is 2.54. The first-order chi connectivity index (χ1) is 8.99. The Hall–Kier alpha value is -0.160. The maximum absolute atomic E-state index is 6.10. The summed E-state index contributed by atoms with van der Waals surface area (Å²) in [6.45, 7) is 8.27. The molecule has 1 saturated carbocycles. The molecular weight excluding hydrogens is 240 g/mol. The Labute approximate surface area is 118 Å². The van der Waals surface area contributed by atoms with Crippen molar-refractivity contribution in [1.29, 1.82) is 0 Å². The Morgan fingerprint density at radius 2 is 1.74 bits per heavy atom. The van der Waals surface area contributed by atoms with Gasteiger partial charge in [0.15, 0.2) is 6.29 Å². The van der Waals surface area contributed by atoms with Crippen LogP contribution in [0.25, 0.3) is 0 Å². The molecule has 1 atom stereocenters. The Balaban J connectivity index is 2.96. The molecule has 1 fully saturated rings. The number of nitrogens with zero attached hydrogens (tertiary/aromatic N) is 1. The van der Waals surface area contributed by atoms with Crippen LogP contribution in [0.2, 0.25) is 0 Å². The van der Waals surface area contributed by atoms with Gasteiger partial charge in [-0.2, -0.15) is 0 Å². The van der Waals surface area contributed by atoms with Crippen molar-refractivity contribution in [2.75, 3.05) is 27.3 Å². The van der Waals surface area contributed by atoms with E-state index in [1.165, 1.54) is 25.7 Å². The summed E-state index contributed by atoms with van der Waals surface area (Å²) in [5.41, 5.74) is 5.84. The van der Waals surface area contributed by atoms with Gasteiger partial charge in [0.05, 0.1) is 5.54 Å². The number of hydrogen-bond acceptors (Lipinski definition) is 4. The van der Waals surface area contributed by atoms with E-state index in [0.717, 1.165) is 6.54 Å². The van der Waals surface area contributed by atoms with E-state index >= 15 is 0 Å². The minimum absolute atomic E-state index is 0.261. The van der Waals surface area contributed by atoms with Crippen LogP contribution in [-0.4, -0.2) is 50.1 Å². The summed E-state index contributed by atoms with van der Waals surface area (Å²) in [6, 6.07) is 0.615. The number of rotatable bonds is 8. The van der Waals surface area contributed by atoms with Crippen molar-refractivity contribution in [3.63, 3.8) is 0 Å². The van der Waals surface area contributed by atoms with Crippen molar-refractivity contribution in [3.8, 4) is 0 Å². The van der Waals surface area contributed by atoms with Crippen molar-refractivity contribution in [1.82, 2.24) is 4.90 Å². The topological polar surface area (TPSA) is 47.7 Å². The molecule has 0 aromatic heterocycles. The fourth-order valence-electron chi connectivity index (χ4n) is 3.34. The summed E-state index contributed by atoms with van der Waals surface area (Å²) in [5, 5.41) is 0. The van der Waals surface area contributed by atoms with E-state index in [-0.39, 0.29) is 11.8 Å². The standard InChI is InChI=1S/C15H32N2O2/c1-12(2)10-17(13-8-6-7-9-13)15(3,11-16)14(18-4)19-5/h12-14H,6-11,16H2,1-5H3. The average Bonchev–Trinajstić information content (AvgIpc) is 2.90. The first kappa shape index (κ1) is 16.9. The summed E-state index contributed by atoms with van der Waals surface area (Å²) >= 11 is 0. The number of ether oxygens (including phenoxy) is 2. The number of hydrogen-bond donors (Lipinski definition) is 1. The molecule has 1 aliphatic carbocycles. The van der Waals surface area contributed by atoms with Crippen LogP contribution >= 0.6 is 0 Å². The third-order valence-corrected chi connectivity index (χ3v) is 4.33. The smallest absolute Gasteiger partial charge is 0.176 e. The Morgan fingerprint density at radius 3 is 2.11 bits per heavy atom. The zero-order valence-electron chi connectivity index (χ0n) is 13.3. The SMILES string of the molecule is COC(OC)C(C)(CN)N(CC(C)C)C1CCCC1. The summed E-state index contributed by atoms with van der Waals surface area (Å²) in [6.07, 6.45) is 4.90. The predicted octanol–water partition coefficient (Wildman–Crippen LogP) is 2.22. The lowest BCUT2D eigenvalue weighted by Crippen LogP contribution is -2.63. The van der Waals surface area contributed by atoms with Crippen LogP contribution in [0.3, 0.4) is 0 Å². The second kappa shape index (κ2) is 7.58. The molecule has 0 heterocycles. The van der Waals surface area contributed by atoms with Gasteiger partial charge in [-0.3, -0.25) is 4.90 Å². The van der Waals surface area contributed by atoms with Gasteiger partial charge in [-0.1, -0.05) is 26.7 Å². The summed E-state index contributed by atoms with van der Waals surface area (Å²) in [5.74, 6) is 0.612. The summed E-state index contributed by atoms with van der Waals surface area (Å²) < 4.78 is 11.1. The fraction of sp³-hybridized carbons (Fsp3) is 1.00. The molecule has 1 rings (SSSR count). The van der Waals surface area contributed by atoms with E-state index in [1.54, 1.807) is 14.2 Å².